The Balaban J connectivity index is 1.75. The van der Waals surface area contributed by atoms with Gasteiger partial charge in [0.15, 0.2) is 0 Å². The average molecular weight is 199 g/mol. The number of hydrogen-bond acceptors (Lipinski definition) is 2. The predicted octanol–water partition coefficient (Wildman–Crippen LogP) is 2.73. The highest BCUT2D eigenvalue weighted by molar-refractivity contribution is 4.73. The Morgan fingerprint density at radius 2 is 2.07 bits per heavy atom. The molecule has 1 fully saturated rings. The van der Waals surface area contributed by atoms with Gasteiger partial charge in [-0.2, -0.15) is 0 Å². The van der Waals surface area contributed by atoms with E-state index in [9.17, 15) is 0 Å². The van der Waals surface area contributed by atoms with Gasteiger partial charge in [0.25, 0.3) is 0 Å². The molecule has 0 aliphatic carbocycles. The van der Waals surface area contributed by atoms with Crippen LogP contribution in [0.5, 0.6) is 0 Å². The Kier molecular flexibility index (Phi) is 7.06. The third kappa shape index (κ3) is 5.61. The second kappa shape index (κ2) is 8.25. The van der Waals surface area contributed by atoms with E-state index in [0.717, 1.165) is 13.2 Å². The van der Waals surface area contributed by atoms with Gasteiger partial charge in [-0.25, -0.2) is 0 Å². The molecule has 2 nitrogen and oxygen atoms in total. The zero-order valence-electron chi connectivity index (χ0n) is 9.56. The first-order valence-electron chi connectivity index (χ1n) is 6.24. The summed E-state index contributed by atoms with van der Waals surface area (Å²) in [7, 11) is 0. The lowest BCUT2D eigenvalue weighted by Gasteiger charge is -2.10. The molecule has 1 N–H and O–H groups in total. The first kappa shape index (κ1) is 12.0. The largest absolute Gasteiger partial charge is 0.380 e. The third-order valence-electron chi connectivity index (χ3n) is 2.87. The van der Waals surface area contributed by atoms with E-state index in [1.165, 1.54) is 51.5 Å². The van der Waals surface area contributed by atoms with Crippen LogP contribution in [0.4, 0.5) is 0 Å². The van der Waals surface area contributed by atoms with E-state index in [1.54, 1.807) is 0 Å². The van der Waals surface area contributed by atoms with Crippen molar-refractivity contribution in [3.63, 3.8) is 0 Å². The summed E-state index contributed by atoms with van der Waals surface area (Å²) in [4.78, 5) is 0. The van der Waals surface area contributed by atoms with Crippen LogP contribution in [-0.2, 0) is 4.74 Å². The van der Waals surface area contributed by atoms with Crippen molar-refractivity contribution in [2.24, 2.45) is 0 Å². The van der Waals surface area contributed by atoms with E-state index >= 15 is 0 Å². The maximum atomic E-state index is 5.64. The molecular formula is C12H25NO. The van der Waals surface area contributed by atoms with Gasteiger partial charge in [-0.1, -0.05) is 32.6 Å². The average Bonchev–Trinajstić information content (AvgIpc) is 2.69. The van der Waals surface area contributed by atoms with Crippen LogP contribution in [-0.4, -0.2) is 25.8 Å². The van der Waals surface area contributed by atoms with Crippen molar-refractivity contribution in [2.75, 3.05) is 19.8 Å². The lowest BCUT2D eigenvalue weighted by atomic mass is 10.2. The summed E-state index contributed by atoms with van der Waals surface area (Å²) in [6.45, 7) is 5.32. The Bertz CT molecular complexity index is 121. The maximum absolute atomic E-state index is 5.64. The van der Waals surface area contributed by atoms with E-state index in [0.29, 0.717) is 6.04 Å². The molecular weight excluding hydrogens is 174 g/mol. The first-order chi connectivity index (χ1) is 6.93. The van der Waals surface area contributed by atoms with Gasteiger partial charge in [0.05, 0.1) is 6.61 Å². The van der Waals surface area contributed by atoms with Gasteiger partial charge in [-0.05, 0) is 25.8 Å². The molecule has 0 saturated carbocycles. The number of unbranched alkanes of at least 4 members (excludes halogenated alkanes) is 4. The van der Waals surface area contributed by atoms with Gasteiger partial charge in [0.2, 0.25) is 0 Å². The van der Waals surface area contributed by atoms with Gasteiger partial charge in [0, 0.05) is 12.6 Å². The molecule has 0 radical (unpaired) electrons. The van der Waals surface area contributed by atoms with Crippen molar-refractivity contribution in [3.05, 3.63) is 0 Å². The standard InChI is InChI=1S/C12H25NO/c1-2-3-4-5-6-10-14-11-12-8-7-9-13-12/h12-13H,2-11H2,1H3. The Morgan fingerprint density at radius 3 is 2.79 bits per heavy atom. The van der Waals surface area contributed by atoms with Gasteiger partial charge in [0.1, 0.15) is 0 Å². The summed E-state index contributed by atoms with van der Waals surface area (Å²) >= 11 is 0. The van der Waals surface area contributed by atoms with Crippen LogP contribution in [0.15, 0.2) is 0 Å². The summed E-state index contributed by atoms with van der Waals surface area (Å²) in [5, 5.41) is 3.44. The summed E-state index contributed by atoms with van der Waals surface area (Å²) in [5.41, 5.74) is 0. The highest BCUT2D eigenvalue weighted by Gasteiger charge is 2.12. The van der Waals surface area contributed by atoms with Crippen molar-refractivity contribution in [2.45, 2.75) is 57.9 Å². The fourth-order valence-corrected chi connectivity index (χ4v) is 1.93. The molecule has 1 aliphatic rings. The van der Waals surface area contributed by atoms with E-state index < -0.39 is 0 Å². The van der Waals surface area contributed by atoms with E-state index in [-0.39, 0.29) is 0 Å². The molecule has 0 aromatic heterocycles. The molecule has 1 heterocycles. The van der Waals surface area contributed by atoms with Crippen LogP contribution < -0.4 is 5.32 Å². The molecule has 1 saturated heterocycles. The molecule has 0 aromatic rings. The van der Waals surface area contributed by atoms with Gasteiger partial charge < -0.3 is 10.1 Å². The van der Waals surface area contributed by atoms with Crippen molar-refractivity contribution in [1.29, 1.82) is 0 Å². The molecule has 2 heteroatoms. The predicted molar refractivity (Wildman–Crippen MR) is 60.6 cm³/mol. The Labute approximate surface area is 88.4 Å². The van der Waals surface area contributed by atoms with Crippen molar-refractivity contribution < 1.29 is 4.74 Å². The number of ether oxygens (including phenoxy) is 1. The Morgan fingerprint density at radius 1 is 1.21 bits per heavy atom. The van der Waals surface area contributed by atoms with Crippen LogP contribution in [0.3, 0.4) is 0 Å². The molecule has 0 spiro atoms. The molecule has 1 atom stereocenters. The molecule has 0 aromatic carbocycles. The molecule has 14 heavy (non-hydrogen) atoms. The maximum Gasteiger partial charge on any atom is 0.0619 e. The number of rotatable bonds is 8. The highest BCUT2D eigenvalue weighted by Crippen LogP contribution is 2.06. The lowest BCUT2D eigenvalue weighted by Crippen LogP contribution is -2.26. The summed E-state index contributed by atoms with van der Waals surface area (Å²) in [5.74, 6) is 0. The van der Waals surface area contributed by atoms with Crippen LogP contribution in [0.1, 0.15) is 51.9 Å². The van der Waals surface area contributed by atoms with Gasteiger partial charge in [-0.15, -0.1) is 0 Å². The van der Waals surface area contributed by atoms with Gasteiger partial charge in [-0.3, -0.25) is 0 Å². The quantitative estimate of drug-likeness (QED) is 0.607. The zero-order valence-corrected chi connectivity index (χ0v) is 9.56. The summed E-state index contributed by atoms with van der Waals surface area (Å²) < 4.78 is 5.64. The second-order valence-electron chi connectivity index (χ2n) is 4.28. The summed E-state index contributed by atoms with van der Waals surface area (Å²) in [6, 6.07) is 0.644. The SMILES string of the molecule is CCCCCCCOCC1CCCN1. The van der Waals surface area contributed by atoms with E-state index in [1.807, 2.05) is 0 Å². The first-order valence-corrected chi connectivity index (χ1v) is 6.24. The van der Waals surface area contributed by atoms with Crippen LogP contribution in [0, 0.1) is 0 Å². The highest BCUT2D eigenvalue weighted by atomic mass is 16.5. The monoisotopic (exact) mass is 199 g/mol. The zero-order chi connectivity index (χ0) is 10.1. The normalized spacial score (nSPS) is 21.6. The molecule has 0 amide bonds. The van der Waals surface area contributed by atoms with Crippen molar-refractivity contribution >= 4 is 0 Å². The molecule has 1 aliphatic heterocycles. The minimum absolute atomic E-state index is 0.644. The fraction of sp³-hybridized carbons (Fsp3) is 1.00. The fourth-order valence-electron chi connectivity index (χ4n) is 1.93. The van der Waals surface area contributed by atoms with Crippen LogP contribution in [0.25, 0.3) is 0 Å². The van der Waals surface area contributed by atoms with Crippen molar-refractivity contribution in [1.82, 2.24) is 5.32 Å². The number of hydrogen-bond donors (Lipinski definition) is 1. The van der Waals surface area contributed by atoms with Crippen LogP contribution >= 0.6 is 0 Å². The van der Waals surface area contributed by atoms with E-state index in [2.05, 4.69) is 12.2 Å². The smallest absolute Gasteiger partial charge is 0.0619 e. The van der Waals surface area contributed by atoms with Crippen LogP contribution in [0.2, 0.25) is 0 Å². The van der Waals surface area contributed by atoms with Gasteiger partial charge >= 0.3 is 0 Å². The minimum atomic E-state index is 0.644. The lowest BCUT2D eigenvalue weighted by molar-refractivity contribution is 0.112. The summed E-state index contributed by atoms with van der Waals surface area (Å²) in [6.07, 6.45) is 9.29. The number of nitrogens with one attached hydrogen (secondary N) is 1. The van der Waals surface area contributed by atoms with Crippen molar-refractivity contribution in [3.8, 4) is 0 Å². The third-order valence-corrected chi connectivity index (χ3v) is 2.87. The Hall–Kier alpha value is -0.0800. The molecule has 84 valence electrons. The topological polar surface area (TPSA) is 21.3 Å². The van der Waals surface area contributed by atoms with E-state index in [4.69, 9.17) is 4.74 Å². The molecule has 1 unspecified atom stereocenters. The molecule has 0 bridgehead atoms. The minimum Gasteiger partial charge on any atom is -0.380 e. The molecule has 1 rings (SSSR count). The second-order valence-corrected chi connectivity index (χ2v) is 4.28.